The van der Waals surface area contributed by atoms with Crippen LogP contribution >= 0.6 is 0 Å². The standard InChI is InChI=1S/C23H26N2O2.BrH/c1-25(2)19-12-13-20(25)15-21(14-19)27-23(26)24-16-18-10-6-7-11-22(18)17-8-4-3-5-9-17;/h3-13,19-21H,14-16H2,1-2H3;1H. The van der Waals surface area contributed by atoms with E-state index in [2.05, 4.69) is 49.8 Å². The van der Waals surface area contributed by atoms with Crippen molar-refractivity contribution in [2.24, 2.45) is 0 Å². The first-order chi connectivity index (χ1) is 13.0. The van der Waals surface area contributed by atoms with Gasteiger partial charge in [-0.1, -0.05) is 54.6 Å². The van der Waals surface area contributed by atoms with Crippen molar-refractivity contribution >= 4 is 6.09 Å². The molecule has 0 radical (unpaired) electrons. The number of hydrogen-bond donors (Lipinski definition) is 1. The smallest absolute Gasteiger partial charge is 0.407 e. The van der Waals surface area contributed by atoms with Crippen molar-refractivity contribution in [2.45, 2.75) is 37.6 Å². The largest absolute Gasteiger partial charge is 1.00 e. The molecule has 4 nitrogen and oxygen atoms in total. The third-order valence-corrected chi connectivity index (χ3v) is 6.07. The molecular formula is C23H27BrN2O2. The number of nitrogens with zero attached hydrogens (tertiary/aromatic N) is 1. The number of quaternary nitrogens is 1. The summed E-state index contributed by atoms with van der Waals surface area (Å²) in [5.74, 6) is 0. The van der Waals surface area contributed by atoms with Gasteiger partial charge in [-0.25, -0.2) is 4.79 Å². The summed E-state index contributed by atoms with van der Waals surface area (Å²) in [5.41, 5.74) is 3.37. The van der Waals surface area contributed by atoms with E-state index < -0.39 is 0 Å². The van der Waals surface area contributed by atoms with E-state index in [1.165, 1.54) is 0 Å². The normalized spacial score (nSPS) is 24.3. The maximum atomic E-state index is 12.4. The molecule has 2 aliphatic rings. The van der Waals surface area contributed by atoms with Crippen LogP contribution in [0.5, 0.6) is 0 Å². The lowest BCUT2D eigenvalue weighted by atomic mass is 9.97. The fourth-order valence-corrected chi connectivity index (χ4v) is 4.31. The molecular weight excluding hydrogens is 416 g/mol. The highest BCUT2D eigenvalue weighted by atomic mass is 79.9. The summed E-state index contributed by atoms with van der Waals surface area (Å²) in [6.45, 7) is 0.462. The number of nitrogens with one attached hydrogen (secondary N) is 1. The van der Waals surface area contributed by atoms with Crippen molar-refractivity contribution < 1.29 is 31.0 Å². The minimum Gasteiger partial charge on any atom is -1.00 e. The van der Waals surface area contributed by atoms with Gasteiger partial charge in [-0.15, -0.1) is 0 Å². The second kappa shape index (κ2) is 8.50. The first kappa shape index (κ1) is 20.6. The molecule has 0 aromatic heterocycles. The van der Waals surface area contributed by atoms with Crippen LogP contribution in [0.2, 0.25) is 0 Å². The van der Waals surface area contributed by atoms with Crippen LogP contribution in [-0.2, 0) is 11.3 Å². The van der Waals surface area contributed by atoms with Gasteiger partial charge in [0.05, 0.1) is 14.1 Å². The minimum absolute atomic E-state index is 0. The summed E-state index contributed by atoms with van der Waals surface area (Å²) in [6.07, 6.45) is 6.02. The molecule has 1 amide bonds. The Labute approximate surface area is 177 Å². The Hall–Kier alpha value is -2.11. The van der Waals surface area contributed by atoms with E-state index in [-0.39, 0.29) is 29.2 Å². The summed E-state index contributed by atoms with van der Waals surface area (Å²) >= 11 is 0. The van der Waals surface area contributed by atoms with Crippen molar-refractivity contribution in [2.75, 3.05) is 14.1 Å². The van der Waals surface area contributed by atoms with Crippen LogP contribution in [0.3, 0.4) is 0 Å². The van der Waals surface area contributed by atoms with Crippen LogP contribution in [0.25, 0.3) is 11.1 Å². The third kappa shape index (κ3) is 4.15. The molecule has 148 valence electrons. The van der Waals surface area contributed by atoms with Gasteiger partial charge in [0, 0.05) is 19.4 Å². The number of benzene rings is 2. The Kier molecular flexibility index (Phi) is 6.26. The van der Waals surface area contributed by atoms with Crippen molar-refractivity contribution in [1.29, 1.82) is 0 Å². The predicted octanol–water partition coefficient (Wildman–Crippen LogP) is 1.13. The van der Waals surface area contributed by atoms with E-state index in [0.29, 0.717) is 18.6 Å². The molecule has 4 rings (SSSR count). The first-order valence-electron chi connectivity index (χ1n) is 9.63. The fourth-order valence-electron chi connectivity index (χ4n) is 4.31. The lowest BCUT2D eigenvalue weighted by Crippen LogP contribution is -3.00. The van der Waals surface area contributed by atoms with E-state index in [0.717, 1.165) is 34.0 Å². The molecule has 5 heteroatoms. The average molecular weight is 443 g/mol. The minimum atomic E-state index is -0.325. The van der Waals surface area contributed by atoms with Crippen LogP contribution in [0, 0.1) is 0 Å². The van der Waals surface area contributed by atoms with Crippen molar-refractivity contribution in [3.63, 3.8) is 0 Å². The zero-order valence-electron chi connectivity index (χ0n) is 16.3. The van der Waals surface area contributed by atoms with Gasteiger partial charge in [-0.05, 0) is 28.8 Å². The average Bonchev–Trinajstić information content (AvgIpc) is 2.85. The summed E-state index contributed by atoms with van der Waals surface area (Å²) in [6, 6.07) is 19.3. The summed E-state index contributed by atoms with van der Waals surface area (Å²) < 4.78 is 6.71. The SMILES string of the molecule is C[N+]1(C)C2C=CC1CC(OC(=O)NCc1ccccc1-c1ccccc1)C2.[Br-]. The topological polar surface area (TPSA) is 38.3 Å². The molecule has 1 N–H and O–H groups in total. The van der Waals surface area contributed by atoms with E-state index >= 15 is 0 Å². The predicted molar refractivity (Wildman–Crippen MR) is 107 cm³/mol. The zero-order valence-corrected chi connectivity index (χ0v) is 17.9. The van der Waals surface area contributed by atoms with Gasteiger partial charge < -0.3 is 31.5 Å². The van der Waals surface area contributed by atoms with Crippen LogP contribution in [0.4, 0.5) is 4.79 Å². The molecule has 2 aromatic carbocycles. The molecule has 0 spiro atoms. The number of ether oxygens (including phenoxy) is 1. The molecule has 1 fully saturated rings. The Bertz CT molecular complexity index is 833. The second-order valence-electron chi connectivity index (χ2n) is 8.02. The maximum absolute atomic E-state index is 12.4. The Morgan fingerprint density at radius 1 is 1.00 bits per heavy atom. The van der Waals surface area contributed by atoms with Crippen molar-refractivity contribution in [3.8, 4) is 11.1 Å². The maximum Gasteiger partial charge on any atom is 0.407 e. The summed E-state index contributed by atoms with van der Waals surface area (Å²) in [7, 11) is 4.51. The van der Waals surface area contributed by atoms with Crippen LogP contribution < -0.4 is 22.3 Å². The van der Waals surface area contributed by atoms with Gasteiger partial charge in [-0.2, -0.15) is 0 Å². The summed E-state index contributed by atoms with van der Waals surface area (Å²) in [4.78, 5) is 12.4. The van der Waals surface area contributed by atoms with Crippen LogP contribution in [-0.4, -0.2) is 42.9 Å². The van der Waals surface area contributed by atoms with Gasteiger partial charge in [0.1, 0.15) is 18.2 Å². The number of piperidine rings is 1. The number of carbonyl (C=O) groups excluding carboxylic acids is 1. The molecule has 0 saturated carbocycles. The number of amides is 1. The van der Waals surface area contributed by atoms with E-state index in [4.69, 9.17) is 4.74 Å². The van der Waals surface area contributed by atoms with Gasteiger partial charge in [0.25, 0.3) is 0 Å². The fraction of sp³-hybridized carbons (Fsp3) is 0.348. The molecule has 2 unspecified atom stereocenters. The van der Waals surface area contributed by atoms with E-state index in [1.54, 1.807) is 0 Å². The molecule has 2 atom stereocenters. The molecule has 1 saturated heterocycles. The number of likely N-dealkylation sites (N-methyl/N-ethyl adjacent to an activating group) is 1. The van der Waals surface area contributed by atoms with E-state index in [9.17, 15) is 4.79 Å². The second-order valence-corrected chi connectivity index (χ2v) is 8.02. The molecule has 2 aromatic rings. The zero-order chi connectivity index (χ0) is 18.9. The van der Waals surface area contributed by atoms with Crippen LogP contribution in [0.1, 0.15) is 18.4 Å². The van der Waals surface area contributed by atoms with Crippen LogP contribution in [0.15, 0.2) is 66.7 Å². The Morgan fingerprint density at radius 3 is 2.29 bits per heavy atom. The van der Waals surface area contributed by atoms with Gasteiger partial charge in [-0.3, -0.25) is 0 Å². The highest BCUT2D eigenvalue weighted by molar-refractivity contribution is 5.70. The highest BCUT2D eigenvalue weighted by Gasteiger charge is 2.46. The van der Waals surface area contributed by atoms with Gasteiger partial charge >= 0.3 is 6.09 Å². The quantitative estimate of drug-likeness (QED) is 0.569. The van der Waals surface area contributed by atoms with Crippen molar-refractivity contribution in [1.82, 2.24) is 5.32 Å². The van der Waals surface area contributed by atoms with Gasteiger partial charge in [0.15, 0.2) is 0 Å². The number of halogens is 1. The van der Waals surface area contributed by atoms with Crippen molar-refractivity contribution in [3.05, 3.63) is 72.3 Å². The highest BCUT2D eigenvalue weighted by Crippen LogP contribution is 2.35. The van der Waals surface area contributed by atoms with E-state index in [1.807, 2.05) is 36.4 Å². The number of fused-ring (bicyclic) bond motifs is 2. The van der Waals surface area contributed by atoms with Gasteiger partial charge in [0.2, 0.25) is 0 Å². The molecule has 28 heavy (non-hydrogen) atoms. The molecule has 2 heterocycles. The summed E-state index contributed by atoms with van der Waals surface area (Å²) in [5, 5.41) is 2.94. The number of hydrogen-bond acceptors (Lipinski definition) is 2. The molecule has 0 aliphatic carbocycles. The lowest BCUT2D eigenvalue weighted by Gasteiger charge is -2.43. The number of rotatable bonds is 4. The molecule has 2 aliphatic heterocycles. The Morgan fingerprint density at radius 2 is 1.61 bits per heavy atom. The first-order valence-corrected chi connectivity index (χ1v) is 9.63. The monoisotopic (exact) mass is 442 g/mol. The number of alkyl carbamates (subject to hydrolysis) is 1. The Balaban J connectivity index is 0.00000225. The lowest BCUT2D eigenvalue weighted by molar-refractivity contribution is -0.926. The third-order valence-electron chi connectivity index (χ3n) is 6.07. The number of carbonyl (C=O) groups is 1. The molecule has 2 bridgehead atoms.